The number of hydrogen-bond acceptors (Lipinski definition) is 4. The van der Waals surface area contributed by atoms with Crippen molar-refractivity contribution in [3.63, 3.8) is 0 Å². The Kier molecular flexibility index (Phi) is 10.0. The van der Waals surface area contributed by atoms with Gasteiger partial charge in [0.05, 0.1) is 59.2 Å². The Hall–Kier alpha value is -9.48. The largest absolute Gasteiger partial charge is 0.307 e. The first kappa shape index (κ1) is 40.6. The van der Waals surface area contributed by atoms with Crippen molar-refractivity contribution in [1.82, 2.24) is 0 Å². The van der Waals surface area contributed by atoms with E-state index in [1.54, 1.807) is 107 Å². The van der Waals surface area contributed by atoms with Gasteiger partial charge in [0.25, 0.3) is 0 Å². The van der Waals surface area contributed by atoms with E-state index in [0.29, 0.717) is 67.2 Å². The molecule has 0 saturated carbocycles. The van der Waals surface area contributed by atoms with Gasteiger partial charge in [0.15, 0.2) is 11.4 Å². The minimum atomic E-state index is -0.842. The summed E-state index contributed by atoms with van der Waals surface area (Å²) < 4.78 is 64.5. The van der Waals surface area contributed by atoms with E-state index in [1.165, 1.54) is 12.1 Å². The highest BCUT2D eigenvalue weighted by atomic mass is 19.1. The van der Waals surface area contributed by atoms with Crippen molar-refractivity contribution in [2.75, 3.05) is 9.80 Å². The number of nitrogens with zero attached hydrogens (tertiary/aromatic N) is 6. The van der Waals surface area contributed by atoms with Gasteiger partial charge in [-0.2, -0.15) is 10.5 Å². The maximum atomic E-state index is 16.5. The van der Waals surface area contributed by atoms with Gasteiger partial charge < -0.3 is 9.80 Å². The monoisotopic (exact) mass is 860 g/mol. The van der Waals surface area contributed by atoms with E-state index in [4.69, 9.17) is 13.1 Å². The number of nitriles is 2. The van der Waals surface area contributed by atoms with Crippen LogP contribution in [0.4, 0.5) is 63.1 Å². The third kappa shape index (κ3) is 6.89. The molecule has 0 aliphatic heterocycles. The van der Waals surface area contributed by atoms with E-state index in [1.807, 2.05) is 48.5 Å². The van der Waals surface area contributed by atoms with Crippen LogP contribution in [0, 0.1) is 59.1 Å². The van der Waals surface area contributed by atoms with Gasteiger partial charge in [-0.15, -0.1) is 0 Å². The molecule has 6 nitrogen and oxygen atoms in total. The van der Waals surface area contributed by atoms with Crippen molar-refractivity contribution < 1.29 is 17.6 Å². The molecule has 310 valence electrons. The fourth-order valence-electron chi connectivity index (χ4n) is 8.64. The van der Waals surface area contributed by atoms with E-state index < -0.39 is 23.3 Å². The zero-order valence-corrected chi connectivity index (χ0v) is 34.4. The summed E-state index contributed by atoms with van der Waals surface area (Å²) in [5.41, 5.74) is 4.73. The molecule has 0 amide bonds. The summed E-state index contributed by atoms with van der Waals surface area (Å²) in [6.07, 6.45) is 0. The Morgan fingerprint density at radius 1 is 0.394 bits per heavy atom. The standard InChI is InChI=1S/C56H28F4N6/c1-63-39-15-9-36(10-16-39)46-28-54(50(60)30-48(46)58)66(42-21-17-40(64-2)18-22-42)52-26-14-38-11-23-43-51(25-13-37-12-24-44(52)56(38)55(37)43)65(41-19-5-34(32-62)6-20-41)53-27-45(47(57)29-49(53)59)35-7-3-33(31-61)4-8-35/h3-30H. The normalized spacial score (nSPS) is 11.0. The fourth-order valence-corrected chi connectivity index (χ4v) is 8.64. The van der Waals surface area contributed by atoms with Gasteiger partial charge in [-0.3, -0.25) is 0 Å². The molecule has 0 aromatic heterocycles. The third-order valence-electron chi connectivity index (χ3n) is 11.8. The van der Waals surface area contributed by atoms with Crippen molar-refractivity contribution in [2.24, 2.45) is 0 Å². The molecule has 0 atom stereocenters. The molecule has 0 bridgehead atoms. The Morgan fingerprint density at radius 3 is 1.17 bits per heavy atom. The number of halogens is 4. The van der Waals surface area contributed by atoms with Crippen LogP contribution in [0.2, 0.25) is 0 Å². The molecule has 0 aliphatic carbocycles. The molecule has 0 saturated heterocycles. The summed E-state index contributed by atoms with van der Waals surface area (Å²) in [4.78, 5) is 10.4. The molecule has 0 fully saturated rings. The Balaban J connectivity index is 1.22. The van der Waals surface area contributed by atoms with Crippen LogP contribution in [0.5, 0.6) is 0 Å². The number of benzene rings is 10. The van der Waals surface area contributed by atoms with Crippen LogP contribution in [0.25, 0.3) is 64.3 Å². The van der Waals surface area contributed by atoms with Gasteiger partial charge in [0.1, 0.15) is 23.3 Å². The minimum absolute atomic E-state index is 0.0246. The lowest BCUT2D eigenvalue weighted by Gasteiger charge is -2.30. The van der Waals surface area contributed by atoms with E-state index in [-0.39, 0.29) is 22.5 Å². The molecule has 10 aromatic carbocycles. The molecule has 0 heterocycles. The average molecular weight is 861 g/mol. The van der Waals surface area contributed by atoms with Crippen LogP contribution in [0.3, 0.4) is 0 Å². The third-order valence-corrected chi connectivity index (χ3v) is 11.8. The quantitative estimate of drug-likeness (QED) is 0.0867. The van der Waals surface area contributed by atoms with Gasteiger partial charge in [-0.05, 0) is 105 Å². The lowest BCUT2D eigenvalue weighted by molar-refractivity contribution is 0.586. The Morgan fingerprint density at radius 2 is 0.758 bits per heavy atom. The molecule has 10 heteroatoms. The van der Waals surface area contributed by atoms with Gasteiger partial charge in [-0.25, -0.2) is 27.3 Å². The first-order chi connectivity index (χ1) is 32.2. The first-order valence-electron chi connectivity index (χ1n) is 20.4. The van der Waals surface area contributed by atoms with Gasteiger partial charge in [0.2, 0.25) is 0 Å². The van der Waals surface area contributed by atoms with Crippen molar-refractivity contribution in [3.8, 4) is 34.4 Å². The highest BCUT2D eigenvalue weighted by Gasteiger charge is 2.26. The van der Waals surface area contributed by atoms with Crippen LogP contribution in [0.1, 0.15) is 11.1 Å². The summed E-state index contributed by atoms with van der Waals surface area (Å²) >= 11 is 0. The Bertz CT molecular complexity index is 3480. The van der Waals surface area contributed by atoms with E-state index in [2.05, 4.69) is 21.8 Å². The van der Waals surface area contributed by atoms with Crippen LogP contribution in [0.15, 0.2) is 170 Å². The molecule has 10 aromatic rings. The molecule has 0 N–H and O–H groups in total. The predicted octanol–water partition coefficient (Wildman–Crippen LogP) is 16.3. The van der Waals surface area contributed by atoms with Crippen LogP contribution in [-0.4, -0.2) is 0 Å². The summed E-state index contributed by atoms with van der Waals surface area (Å²) in [6, 6.07) is 50.0. The summed E-state index contributed by atoms with van der Waals surface area (Å²) in [5, 5.41) is 23.7. The van der Waals surface area contributed by atoms with Crippen LogP contribution < -0.4 is 9.80 Å². The second-order valence-electron chi connectivity index (χ2n) is 15.5. The van der Waals surface area contributed by atoms with Crippen molar-refractivity contribution in [3.05, 3.63) is 227 Å². The number of hydrogen-bond donors (Lipinski definition) is 0. The van der Waals surface area contributed by atoms with Crippen LogP contribution in [-0.2, 0) is 0 Å². The first-order valence-corrected chi connectivity index (χ1v) is 20.4. The van der Waals surface area contributed by atoms with Gasteiger partial charge >= 0.3 is 0 Å². The van der Waals surface area contributed by atoms with E-state index in [9.17, 15) is 10.5 Å². The molecule has 0 spiro atoms. The topological polar surface area (TPSA) is 62.8 Å². The molecule has 66 heavy (non-hydrogen) atoms. The lowest BCUT2D eigenvalue weighted by atomic mass is 9.91. The lowest BCUT2D eigenvalue weighted by Crippen LogP contribution is -2.14. The number of anilines is 6. The summed E-state index contributed by atoms with van der Waals surface area (Å²) in [6.45, 7) is 14.9. The minimum Gasteiger partial charge on any atom is -0.307 e. The molecule has 0 radical (unpaired) electrons. The van der Waals surface area contributed by atoms with E-state index in [0.717, 1.165) is 33.7 Å². The molecule has 0 aliphatic rings. The zero-order chi connectivity index (χ0) is 45.6. The van der Waals surface area contributed by atoms with E-state index >= 15 is 17.6 Å². The second kappa shape index (κ2) is 16.3. The molecule has 10 rings (SSSR count). The highest BCUT2D eigenvalue weighted by molar-refractivity contribution is 6.28. The maximum Gasteiger partial charge on any atom is 0.187 e. The molecular formula is C56H28F4N6. The predicted molar refractivity (Wildman–Crippen MR) is 252 cm³/mol. The maximum absolute atomic E-state index is 16.5. The summed E-state index contributed by atoms with van der Waals surface area (Å²) in [5.74, 6) is -3.26. The summed E-state index contributed by atoms with van der Waals surface area (Å²) in [7, 11) is 0. The van der Waals surface area contributed by atoms with Crippen LogP contribution >= 0.6 is 0 Å². The molecule has 0 unspecified atom stereocenters. The van der Waals surface area contributed by atoms with Gasteiger partial charge in [-0.1, -0.05) is 84.9 Å². The van der Waals surface area contributed by atoms with Crippen molar-refractivity contribution >= 4 is 77.8 Å². The average Bonchev–Trinajstić information content (AvgIpc) is 3.35. The second-order valence-corrected chi connectivity index (χ2v) is 15.5. The highest BCUT2D eigenvalue weighted by Crippen LogP contribution is 2.49. The van der Waals surface area contributed by atoms with Crippen molar-refractivity contribution in [1.29, 1.82) is 10.5 Å². The zero-order valence-electron chi connectivity index (χ0n) is 34.4. The van der Waals surface area contributed by atoms with Gasteiger partial charge in [0, 0.05) is 45.4 Å². The smallest absolute Gasteiger partial charge is 0.187 e. The number of rotatable bonds is 8. The van der Waals surface area contributed by atoms with Crippen molar-refractivity contribution in [2.45, 2.75) is 0 Å². The Labute approximate surface area is 375 Å². The fraction of sp³-hybridized carbons (Fsp3) is 0. The SMILES string of the molecule is [C-]#[N+]c1ccc(-c2cc(N(c3ccc([N+]#[C-])cc3)c3ccc4ccc5c(N(c6ccc(C#N)cc6)c6cc(-c7ccc(C#N)cc7)c(F)cc6F)ccc6ccc3c4c65)c(F)cc2F)cc1. The molecular weight excluding hydrogens is 833 g/mol.